The zero-order chi connectivity index (χ0) is 65.5. The molecule has 464 valence electrons. The lowest BCUT2D eigenvalue weighted by Crippen LogP contribution is -2.64. The van der Waals surface area contributed by atoms with E-state index in [1.807, 2.05) is 23.9 Å². The van der Waals surface area contributed by atoms with Crippen molar-refractivity contribution < 1.29 is 4.39 Å². The number of halogens is 1. The van der Waals surface area contributed by atoms with Crippen molar-refractivity contribution in [3.05, 3.63) is 370 Å². The predicted octanol–water partition coefficient (Wildman–Crippen LogP) is 20.6. The molecule has 0 atom stereocenters. The van der Waals surface area contributed by atoms with E-state index in [9.17, 15) is 0 Å². The van der Waals surface area contributed by atoms with Gasteiger partial charge in [0, 0.05) is 89.0 Å². The van der Waals surface area contributed by atoms with Crippen LogP contribution in [0.5, 0.6) is 0 Å². The fourth-order valence-corrected chi connectivity index (χ4v) is 17.2. The van der Waals surface area contributed by atoms with Crippen molar-refractivity contribution in [1.82, 2.24) is 0 Å². The van der Waals surface area contributed by atoms with Crippen LogP contribution in [0.2, 0.25) is 0 Å². The molecule has 0 spiro atoms. The van der Waals surface area contributed by atoms with Gasteiger partial charge in [0.25, 0.3) is 6.71 Å². The Morgan fingerprint density at radius 3 is 1.30 bits per heavy atom. The second-order valence-electron chi connectivity index (χ2n) is 25.6. The van der Waals surface area contributed by atoms with Crippen LogP contribution in [0.25, 0.3) is 33.4 Å². The van der Waals surface area contributed by atoms with Crippen LogP contribution in [0.15, 0.2) is 374 Å². The number of hydrogen-bond acceptors (Lipinski definition) is 6. The molecule has 0 aromatic heterocycles. The second kappa shape index (κ2) is 24.1. The van der Waals surface area contributed by atoms with E-state index in [-0.39, 0.29) is 19.2 Å². The van der Waals surface area contributed by atoms with Crippen molar-refractivity contribution in [3.63, 3.8) is 0 Å². The Kier molecular flexibility index (Phi) is 14.1. The summed E-state index contributed by atoms with van der Waals surface area (Å²) in [7, 11) is 0. The summed E-state index contributed by atoms with van der Waals surface area (Å²) >= 11 is 1.82. The topological polar surface area (TPSA) is 16.2 Å². The molecule has 4 heterocycles. The van der Waals surface area contributed by atoms with Crippen molar-refractivity contribution in [3.8, 4) is 33.4 Å². The van der Waals surface area contributed by atoms with Crippen molar-refractivity contribution in [2.24, 2.45) is 0 Å². The number of fused-ring (bicyclic) bond motifs is 8. The number of nitrogens with zero attached hydrogens (tertiary/aromatic N) is 5. The molecule has 0 saturated heterocycles. The minimum absolute atomic E-state index is 0.223. The quantitative estimate of drug-likeness (QED) is 0.113. The minimum atomic E-state index is -0.321. The SMILES string of the molecule is Fc1cccc(-c2ccccc2)c1N1c2cc3c(cc2B2c4ccccc4N(c4ccccc4)c4cc(N(c5ccccc5)c5ccccc5)cc1c42)B1c2ccccc2N(c2ccccc2-c2ccccc2)c2cc(N(c4ccccc4)c4ccccc4-c4ccccc4)cc(c21)S3. The number of benzene rings is 15. The average Bonchev–Trinajstić information content (AvgIpc) is 0.688. The minimum Gasteiger partial charge on any atom is -0.311 e. The summed E-state index contributed by atoms with van der Waals surface area (Å²) in [6, 6.07) is 131. The highest BCUT2D eigenvalue weighted by Gasteiger charge is 2.48. The lowest BCUT2D eigenvalue weighted by Gasteiger charge is -2.46. The Bertz CT molecular complexity index is 5560. The Balaban J connectivity index is 0.918. The number of hydrogen-bond donors (Lipinski definition) is 0. The maximum atomic E-state index is 18.6. The fourth-order valence-electron chi connectivity index (χ4n) is 16.0. The summed E-state index contributed by atoms with van der Waals surface area (Å²) in [5.74, 6) is -0.321. The first-order valence-corrected chi connectivity index (χ1v) is 34.6. The first-order valence-electron chi connectivity index (χ1n) is 33.8. The monoisotopic (exact) mass is 1280 g/mol. The third-order valence-electron chi connectivity index (χ3n) is 20.1. The van der Waals surface area contributed by atoms with Gasteiger partial charge >= 0.3 is 0 Å². The molecular weight excluding hydrogens is 1220 g/mol. The van der Waals surface area contributed by atoms with Gasteiger partial charge in [0.15, 0.2) is 0 Å². The standard InChI is InChI=1S/C90H60B2FN5S/c93-77-50-30-47-72(63-35-12-3-13-36-63)90(77)98-82-60-86-76(59-75(82)91-73-48-24-28-53-80(73)96(67-43-20-7-21-44-67)83-55-68(56-84(98)88(83)91)94(64-37-14-4-15-38-64)65-39-16-5-17-40-65)92-74-49-25-29-54-81(74)97(79-52-27-23-46-71(79)62-33-10-2-11-34-62)85-57-69(58-87(99-86)89(85)92)95(66-41-18-6-19-42-66)78-51-26-22-45-70(78)61-31-8-1-9-32-61/h1-60H. The molecule has 19 rings (SSSR count). The van der Waals surface area contributed by atoms with Gasteiger partial charge in [-0.3, -0.25) is 0 Å². The highest BCUT2D eigenvalue weighted by atomic mass is 32.2. The highest BCUT2D eigenvalue weighted by molar-refractivity contribution is 8.00. The highest BCUT2D eigenvalue weighted by Crippen LogP contribution is 2.54. The van der Waals surface area contributed by atoms with E-state index < -0.39 is 0 Å². The molecule has 0 fully saturated rings. The third-order valence-corrected chi connectivity index (χ3v) is 21.2. The van der Waals surface area contributed by atoms with E-state index in [4.69, 9.17) is 0 Å². The molecule has 0 aliphatic carbocycles. The maximum absolute atomic E-state index is 18.6. The van der Waals surface area contributed by atoms with Crippen molar-refractivity contribution in [2.75, 3.05) is 24.5 Å². The van der Waals surface area contributed by atoms with E-state index in [0.29, 0.717) is 5.69 Å². The molecule has 0 bridgehead atoms. The van der Waals surface area contributed by atoms with Crippen molar-refractivity contribution >= 4 is 143 Å². The van der Waals surface area contributed by atoms with Crippen LogP contribution in [0.3, 0.4) is 0 Å². The van der Waals surface area contributed by atoms with E-state index in [2.05, 4.69) is 370 Å². The van der Waals surface area contributed by atoms with Crippen molar-refractivity contribution in [1.29, 1.82) is 0 Å². The zero-order valence-electron chi connectivity index (χ0n) is 53.8. The summed E-state index contributed by atoms with van der Waals surface area (Å²) in [6.45, 7) is -0.519. The van der Waals surface area contributed by atoms with Gasteiger partial charge in [-0.15, -0.1) is 0 Å². The summed E-state index contributed by atoms with van der Waals surface area (Å²) in [6.07, 6.45) is 0. The number of anilines is 15. The van der Waals surface area contributed by atoms with Gasteiger partial charge < -0.3 is 24.5 Å². The average molecular weight is 1280 g/mol. The smallest absolute Gasteiger partial charge is 0.252 e. The van der Waals surface area contributed by atoms with Crippen LogP contribution in [-0.2, 0) is 0 Å². The van der Waals surface area contributed by atoms with Crippen LogP contribution in [-0.4, -0.2) is 13.4 Å². The number of para-hydroxylation sites is 9. The first-order chi connectivity index (χ1) is 49.1. The van der Waals surface area contributed by atoms with E-state index in [1.165, 1.54) is 21.9 Å². The Labute approximate surface area is 581 Å². The lowest BCUT2D eigenvalue weighted by atomic mass is 9.31. The molecule has 15 aromatic carbocycles. The second-order valence-corrected chi connectivity index (χ2v) is 26.7. The maximum Gasteiger partial charge on any atom is 0.252 e. The third kappa shape index (κ3) is 9.63. The predicted molar refractivity (Wildman–Crippen MR) is 416 cm³/mol. The fraction of sp³-hybridized carbons (Fsp3) is 0. The Hall–Kier alpha value is -12.3. The van der Waals surface area contributed by atoms with Gasteiger partial charge in [-0.1, -0.05) is 272 Å². The van der Waals surface area contributed by atoms with Gasteiger partial charge in [0.05, 0.1) is 22.7 Å². The summed E-state index contributed by atoms with van der Waals surface area (Å²) < 4.78 is 18.6. The molecular formula is C90H60B2FN5S. The molecule has 0 saturated carbocycles. The summed E-state index contributed by atoms with van der Waals surface area (Å²) in [5.41, 5.74) is 28.0. The molecule has 0 N–H and O–H groups in total. The van der Waals surface area contributed by atoms with Gasteiger partial charge in [0.2, 0.25) is 6.71 Å². The Morgan fingerprint density at radius 1 is 0.263 bits per heavy atom. The van der Waals surface area contributed by atoms with E-state index in [1.54, 1.807) is 6.07 Å². The molecule has 99 heavy (non-hydrogen) atoms. The normalized spacial score (nSPS) is 12.8. The number of rotatable bonds is 12. The van der Waals surface area contributed by atoms with Gasteiger partial charge in [-0.25, -0.2) is 4.39 Å². The van der Waals surface area contributed by atoms with Crippen LogP contribution >= 0.6 is 11.8 Å². The van der Waals surface area contributed by atoms with Gasteiger partial charge in [0.1, 0.15) is 5.82 Å². The van der Waals surface area contributed by atoms with E-state index in [0.717, 1.165) is 134 Å². The zero-order valence-corrected chi connectivity index (χ0v) is 54.6. The molecule has 5 nitrogen and oxygen atoms in total. The molecule has 0 amide bonds. The van der Waals surface area contributed by atoms with Gasteiger partial charge in [-0.2, -0.15) is 0 Å². The molecule has 0 unspecified atom stereocenters. The van der Waals surface area contributed by atoms with Crippen molar-refractivity contribution in [2.45, 2.75) is 9.79 Å². The molecule has 0 radical (unpaired) electrons. The molecule has 15 aromatic rings. The molecule has 4 aliphatic rings. The van der Waals surface area contributed by atoms with Crippen LogP contribution in [0, 0.1) is 5.82 Å². The first kappa shape index (κ1) is 58.1. The molecule has 9 heteroatoms. The molecule has 4 aliphatic heterocycles. The largest absolute Gasteiger partial charge is 0.311 e. The van der Waals surface area contributed by atoms with E-state index >= 15 is 4.39 Å². The van der Waals surface area contributed by atoms with Crippen LogP contribution in [0.4, 0.5) is 89.7 Å². The Morgan fingerprint density at radius 2 is 0.697 bits per heavy atom. The summed E-state index contributed by atoms with van der Waals surface area (Å²) in [4.78, 5) is 14.3. The van der Waals surface area contributed by atoms with Gasteiger partial charge in [-0.05, 0) is 153 Å². The lowest BCUT2D eigenvalue weighted by molar-refractivity contribution is 0.629. The van der Waals surface area contributed by atoms with Crippen LogP contribution in [0.1, 0.15) is 0 Å². The van der Waals surface area contributed by atoms with Crippen LogP contribution < -0.4 is 57.3 Å². The summed E-state index contributed by atoms with van der Waals surface area (Å²) in [5, 5.41) is 0.